The van der Waals surface area contributed by atoms with Crippen LogP contribution in [-0.4, -0.2) is 33.2 Å². The Hall–Kier alpha value is -2.14. The second kappa shape index (κ2) is 8.70. The number of carbonyl (C=O) groups is 1. The Bertz CT molecular complexity index is 778. The number of aromatic nitrogens is 2. The summed E-state index contributed by atoms with van der Waals surface area (Å²) in [6, 6.07) is 8.96. The standard InChI is InChI=1S/C22H32N4O/c1-16-7-5-6-14-26(16)15-19-8-10-20(11-9-19)23-22(27)13-12-21-17(2)24-25(4)18(21)3/h8-11,16H,5-7,12-15H2,1-4H3,(H,23,27)/t16-/m1/s1. The summed E-state index contributed by atoms with van der Waals surface area (Å²) in [6.45, 7) is 8.55. The van der Waals surface area contributed by atoms with E-state index in [2.05, 4.69) is 41.3 Å². The highest BCUT2D eigenvalue weighted by Crippen LogP contribution is 2.20. The maximum Gasteiger partial charge on any atom is 0.224 e. The number of carbonyl (C=O) groups excluding carboxylic acids is 1. The van der Waals surface area contributed by atoms with Gasteiger partial charge in [-0.15, -0.1) is 0 Å². The van der Waals surface area contributed by atoms with Crippen molar-refractivity contribution < 1.29 is 4.79 Å². The number of hydrogen-bond donors (Lipinski definition) is 1. The van der Waals surface area contributed by atoms with Gasteiger partial charge in [0, 0.05) is 37.4 Å². The van der Waals surface area contributed by atoms with E-state index in [0.717, 1.165) is 30.0 Å². The third-order valence-corrected chi connectivity index (χ3v) is 5.82. The van der Waals surface area contributed by atoms with E-state index in [4.69, 9.17) is 0 Å². The van der Waals surface area contributed by atoms with Gasteiger partial charge in [0.25, 0.3) is 0 Å². The van der Waals surface area contributed by atoms with Crippen LogP contribution in [-0.2, 0) is 24.8 Å². The average molecular weight is 369 g/mol. The van der Waals surface area contributed by atoms with Crippen LogP contribution in [0.3, 0.4) is 0 Å². The summed E-state index contributed by atoms with van der Waals surface area (Å²) >= 11 is 0. The lowest BCUT2D eigenvalue weighted by Gasteiger charge is -2.33. The van der Waals surface area contributed by atoms with Gasteiger partial charge in [-0.1, -0.05) is 18.6 Å². The number of piperidine rings is 1. The molecule has 2 heterocycles. The van der Waals surface area contributed by atoms with Crippen LogP contribution < -0.4 is 5.32 Å². The number of rotatable bonds is 6. The second-order valence-corrected chi connectivity index (χ2v) is 7.83. The van der Waals surface area contributed by atoms with Gasteiger partial charge in [0.1, 0.15) is 0 Å². The number of nitrogens with one attached hydrogen (secondary N) is 1. The van der Waals surface area contributed by atoms with Crippen molar-refractivity contribution in [2.45, 2.75) is 65.5 Å². The topological polar surface area (TPSA) is 50.2 Å². The van der Waals surface area contributed by atoms with E-state index in [0.29, 0.717) is 12.5 Å². The monoisotopic (exact) mass is 368 g/mol. The van der Waals surface area contributed by atoms with Crippen molar-refractivity contribution in [1.82, 2.24) is 14.7 Å². The smallest absolute Gasteiger partial charge is 0.224 e. The highest BCUT2D eigenvalue weighted by Gasteiger charge is 2.18. The molecule has 1 saturated heterocycles. The number of likely N-dealkylation sites (tertiary alicyclic amines) is 1. The largest absolute Gasteiger partial charge is 0.326 e. The molecule has 1 N–H and O–H groups in total. The third-order valence-electron chi connectivity index (χ3n) is 5.82. The van der Waals surface area contributed by atoms with Gasteiger partial charge in [-0.2, -0.15) is 5.10 Å². The molecular weight excluding hydrogens is 336 g/mol. The zero-order valence-electron chi connectivity index (χ0n) is 17.1. The highest BCUT2D eigenvalue weighted by atomic mass is 16.1. The molecule has 1 atom stereocenters. The molecular formula is C22H32N4O. The molecule has 5 nitrogen and oxygen atoms in total. The first kappa shape index (κ1) is 19.6. The first-order valence-corrected chi connectivity index (χ1v) is 10.1. The van der Waals surface area contributed by atoms with Crippen LogP contribution in [0.4, 0.5) is 5.69 Å². The van der Waals surface area contributed by atoms with Gasteiger partial charge < -0.3 is 5.32 Å². The number of anilines is 1. The normalized spacial score (nSPS) is 17.9. The summed E-state index contributed by atoms with van der Waals surface area (Å²) in [6.07, 6.45) is 5.14. The molecule has 146 valence electrons. The number of benzene rings is 1. The van der Waals surface area contributed by atoms with E-state index >= 15 is 0 Å². The van der Waals surface area contributed by atoms with Gasteiger partial charge in [0.05, 0.1) is 5.69 Å². The lowest BCUT2D eigenvalue weighted by atomic mass is 10.0. The lowest BCUT2D eigenvalue weighted by molar-refractivity contribution is -0.116. The predicted octanol–water partition coefficient (Wildman–Crippen LogP) is 3.98. The number of nitrogens with zero attached hydrogens (tertiary/aromatic N) is 3. The highest BCUT2D eigenvalue weighted by molar-refractivity contribution is 5.90. The molecule has 2 aromatic rings. The third kappa shape index (κ3) is 4.98. The maximum atomic E-state index is 12.3. The van der Waals surface area contributed by atoms with Crippen LogP contribution in [0.1, 0.15) is 55.1 Å². The van der Waals surface area contributed by atoms with Crippen molar-refractivity contribution in [3.05, 3.63) is 46.8 Å². The van der Waals surface area contributed by atoms with Crippen LogP contribution in [0.15, 0.2) is 24.3 Å². The Morgan fingerprint density at radius 3 is 2.59 bits per heavy atom. The minimum absolute atomic E-state index is 0.0510. The zero-order chi connectivity index (χ0) is 19.4. The fraction of sp³-hybridized carbons (Fsp3) is 0.545. The van der Waals surface area contributed by atoms with Crippen LogP contribution in [0.5, 0.6) is 0 Å². The number of amides is 1. The lowest BCUT2D eigenvalue weighted by Crippen LogP contribution is -2.36. The van der Waals surface area contributed by atoms with Gasteiger partial charge in [-0.25, -0.2) is 0 Å². The quantitative estimate of drug-likeness (QED) is 0.839. The van der Waals surface area contributed by atoms with E-state index in [-0.39, 0.29) is 5.91 Å². The molecule has 27 heavy (non-hydrogen) atoms. The second-order valence-electron chi connectivity index (χ2n) is 7.83. The van der Waals surface area contributed by atoms with Crippen molar-refractivity contribution in [2.75, 3.05) is 11.9 Å². The molecule has 0 bridgehead atoms. The SMILES string of the molecule is Cc1nn(C)c(C)c1CCC(=O)Nc1ccc(CN2CCCC[C@H]2C)cc1. The number of hydrogen-bond acceptors (Lipinski definition) is 3. The summed E-state index contributed by atoms with van der Waals surface area (Å²) < 4.78 is 1.88. The van der Waals surface area contributed by atoms with Crippen molar-refractivity contribution in [1.29, 1.82) is 0 Å². The van der Waals surface area contributed by atoms with Crippen LogP contribution in [0.25, 0.3) is 0 Å². The molecule has 1 aliphatic heterocycles. The molecule has 5 heteroatoms. The van der Waals surface area contributed by atoms with Crippen LogP contribution >= 0.6 is 0 Å². The minimum Gasteiger partial charge on any atom is -0.326 e. The molecule has 1 amide bonds. The van der Waals surface area contributed by atoms with Crippen molar-refractivity contribution >= 4 is 11.6 Å². The first-order valence-electron chi connectivity index (χ1n) is 10.1. The predicted molar refractivity (Wildman–Crippen MR) is 110 cm³/mol. The Morgan fingerprint density at radius 1 is 1.22 bits per heavy atom. The molecule has 0 radical (unpaired) electrons. The average Bonchev–Trinajstić information content (AvgIpc) is 2.89. The summed E-state index contributed by atoms with van der Waals surface area (Å²) in [7, 11) is 1.94. The molecule has 1 fully saturated rings. The Kier molecular flexibility index (Phi) is 6.32. The van der Waals surface area contributed by atoms with E-state index in [1.165, 1.54) is 36.9 Å². The maximum absolute atomic E-state index is 12.3. The summed E-state index contributed by atoms with van der Waals surface area (Å²) in [5, 5.41) is 7.43. The summed E-state index contributed by atoms with van der Waals surface area (Å²) in [4.78, 5) is 14.9. The van der Waals surface area contributed by atoms with Crippen molar-refractivity contribution in [3.8, 4) is 0 Å². The van der Waals surface area contributed by atoms with Crippen molar-refractivity contribution in [2.24, 2.45) is 7.05 Å². The van der Waals surface area contributed by atoms with E-state index in [1.807, 2.05) is 30.8 Å². The Balaban J connectivity index is 1.51. The van der Waals surface area contributed by atoms with Crippen LogP contribution in [0, 0.1) is 13.8 Å². The van der Waals surface area contributed by atoms with Gasteiger partial charge in [0.15, 0.2) is 0 Å². The zero-order valence-corrected chi connectivity index (χ0v) is 17.1. The van der Waals surface area contributed by atoms with Crippen molar-refractivity contribution in [3.63, 3.8) is 0 Å². The Labute approximate surface area is 162 Å². The van der Waals surface area contributed by atoms with E-state index in [9.17, 15) is 4.79 Å². The molecule has 1 aromatic heterocycles. The van der Waals surface area contributed by atoms with Gasteiger partial charge in [0.2, 0.25) is 5.91 Å². The first-order chi connectivity index (χ1) is 12.9. The molecule has 3 rings (SSSR count). The van der Waals surface area contributed by atoms with Crippen LogP contribution in [0.2, 0.25) is 0 Å². The van der Waals surface area contributed by atoms with E-state index < -0.39 is 0 Å². The molecule has 0 spiro atoms. The summed E-state index contributed by atoms with van der Waals surface area (Å²) in [5.74, 6) is 0.0510. The fourth-order valence-corrected chi connectivity index (χ4v) is 3.96. The molecule has 0 unspecified atom stereocenters. The van der Waals surface area contributed by atoms with Gasteiger partial charge in [-0.05, 0) is 69.8 Å². The minimum atomic E-state index is 0.0510. The van der Waals surface area contributed by atoms with E-state index in [1.54, 1.807) is 0 Å². The Morgan fingerprint density at radius 2 is 1.96 bits per heavy atom. The van der Waals surface area contributed by atoms with Gasteiger partial charge in [-0.3, -0.25) is 14.4 Å². The molecule has 0 saturated carbocycles. The fourth-order valence-electron chi connectivity index (χ4n) is 3.96. The summed E-state index contributed by atoms with van der Waals surface area (Å²) in [5.41, 5.74) is 5.51. The number of aryl methyl sites for hydroxylation is 2. The molecule has 1 aromatic carbocycles. The molecule has 0 aliphatic carbocycles. The van der Waals surface area contributed by atoms with Gasteiger partial charge >= 0.3 is 0 Å². The molecule has 1 aliphatic rings.